The van der Waals surface area contributed by atoms with Crippen LogP contribution in [0.3, 0.4) is 0 Å². The molecule has 1 N–H and O–H groups in total. The summed E-state index contributed by atoms with van der Waals surface area (Å²) in [6.45, 7) is 4.18. The summed E-state index contributed by atoms with van der Waals surface area (Å²) in [4.78, 5) is 19.1. The van der Waals surface area contributed by atoms with Crippen LogP contribution in [-0.4, -0.2) is 34.8 Å². The second kappa shape index (κ2) is 7.39. The number of amides is 1. The third-order valence-corrected chi connectivity index (χ3v) is 4.25. The third kappa shape index (κ3) is 3.44. The lowest BCUT2D eigenvalue weighted by molar-refractivity contribution is 0.0949. The zero-order valence-corrected chi connectivity index (χ0v) is 15.5. The number of aromatic nitrogens is 3. The molecule has 0 aliphatic rings. The minimum atomic E-state index is -0.129. The lowest BCUT2D eigenvalue weighted by atomic mass is 10.1. The van der Waals surface area contributed by atoms with Gasteiger partial charge in [0.1, 0.15) is 5.82 Å². The second-order valence-electron chi connectivity index (χ2n) is 6.36. The van der Waals surface area contributed by atoms with Gasteiger partial charge in [-0.25, -0.2) is 9.67 Å². The molecule has 1 aromatic carbocycles. The SMILES string of the molecule is Cc1nn(-c2ccccc2)c(C)c1C(=O)NCc1cccnc1N(C)C. The smallest absolute Gasteiger partial charge is 0.255 e. The summed E-state index contributed by atoms with van der Waals surface area (Å²) in [6, 6.07) is 13.7. The number of hydrogen-bond donors (Lipinski definition) is 1. The summed E-state index contributed by atoms with van der Waals surface area (Å²) in [6.07, 6.45) is 1.75. The molecule has 6 nitrogen and oxygen atoms in total. The van der Waals surface area contributed by atoms with Crippen LogP contribution in [0.5, 0.6) is 0 Å². The highest BCUT2D eigenvalue weighted by Gasteiger charge is 2.19. The first kappa shape index (κ1) is 17.7. The molecule has 2 aromatic heterocycles. The van der Waals surface area contributed by atoms with Gasteiger partial charge in [0.2, 0.25) is 0 Å². The van der Waals surface area contributed by atoms with Crippen LogP contribution in [-0.2, 0) is 6.54 Å². The van der Waals surface area contributed by atoms with Gasteiger partial charge in [-0.05, 0) is 32.0 Å². The van der Waals surface area contributed by atoms with Gasteiger partial charge < -0.3 is 10.2 Å². The monoisotopic (exact) mass is 349 g/mol. The van der Waals surface area contributed by atoms with Crippen LogP contribution in [0, 0.1) is 13.8 Å². The van der Waals surface area contributed by atoms with Crippen LogP contribution in [0.2, 0.25) is 0 Å². The second-order valence-corrected chi connectivity index (χ2v) is 6.36. The predicted molar refractivity (Wildman–Crippen MR) is 103 cm³/mol. The number of nitrogens with zero attached hydrogens (tertiary/aromatic N) is 4. The first-order valence-electron chi connectivity index (χ1n) is 8.50. The zero-order valence-electron chi connectivity index (χ0n) is 15.5. The molecule has 0 saturated heterocycles. The number of carbonyl (C=O) groups is 1. The van der Waals surface area contributed by atoms with Crippen LogP contribution in [0.15, 0.2) is 48.7 Å². The Labute approximate surface area is 153 Å². The third-order valence-electron chi connectivity index (χ3n) is 4.25. The molecule has 134 valence electrons. The highest BCUT2D eigenvalue weighted by Crippen LogP contribution is 2.19. The summed E-state index contributed by atoms with van der Waals surface area (Å²) in [5.41, 5.74) is 4.06. The molecule has 0 radical (unpaired) electrons. The van der Waals surface area contributed by atoms with Crippen LogP contribution < -0.4 is 10.2 Å². The zero-order chi connectivity index (χ0) is 18.7. The number of hydrogen-bond acceptors (Lipinski definition) is 4. The predicted octanol–water partition coefficient (Wildman–Crippen LogP) is 2.88. The van der Waals surface area contributed by atoms with Crippen LogP contribution in [0.4, 0.5) is 5.82 Å². The van der Waals surface area contributed by atoms with Gasteiger partial charge in [-0.2, -0.15) is 5.10 Å². The normalized spacial score (nSPS) is 10.6. The fraction of sp³-hybridized carbons (Fsp3) is 0.250. The number of aryl methyl sites for hydroxylation is 1. The summed E-state index contributed by atoms with van der Waals surface area (Å²) in [5, 5.41) is 7.54. The van der Waals surface area contributed by atoms with Gasteiger partial charge in [0, 0.05) is 32.4 Å². The van der Waals surface area contributed by atoms with E-state index < -0.39 is 0 Å². The van der Waals surface area contributed by atoms with Crippen LogP contribution >= 0.6 is 0 Å². The maximum Gasteiger partial charge on any atom is 0.255 e. The van der Waals surface area contributed by atoms with Crippen molar-refractivity contribution in [1.82, 2.24) is 20.1 Å². The molecule has 0 spiro atoms. The van der Waals surface area contributed by atoms with Crippen molar-refractivity contribution in [2.75, 3.05) is 19.0 Å². The Kier molecular flexibility index (Phi) is 5.02. The quantitative estimate of drug-likeness (QED) is 0.769. The Balaban J connectivity index is 1.82. The van der Waals surface area contributed by atoms with E-state index in [0.29, 0.717) is 17.8 Å². The molecule has 3 aromatic rings. The van der Waals surface area contributed by atoms with Crippen LogP contribution in [0.25, 0.3) is 5.69 Å². The molecule has 0 fully saturated rings. The minimum absolute atomic E-state index is 0.129. The highest BCUT2D eigenvalue weighted by atomic mass is 16.1. The van der Waals surface area contributed by atoms with Crippen molar-refractivity contribution in [3.8, 4) is 5.69 Å². The molecule has 0 unspecified atom stereocenters. The average Bonchev–Trinajstić information content (AvgIpc) is 2.95. The Morgan fingerprint density at radius 3 is 2.54 bits per heavy atom. The topological polar surface area (TPSA) is 63.1 Å². The lowest BCUT2D eigenvalue weighted by Gasteiger charge is -2.16. The maximum atomic E-state index is 12.8. The molecule has 0 bridgehead atoms. The van der Waals surface area contributed by atoms with Crippen molar-refractivity contribution in [3.63, 3.8) is 0 Å². The van der Waals surface area contributed by atoms with E-state index in [1.54, 1.807) is 10.9 Å². The van der Waals surface area contributed by atoms with Gasteiger partial charge in [-0.1, -0.05) is 24.3 Å². The molecular weight excluding hydrogens is 326 g/mol. The van der Waals surface area contributed by atoms with Gasteiger partial charge in [-0.3, -0.25) is 4.79 Å². The molecule has 2 heterocycles. The summed E-state index contributed by atoms with van der Waals surface area (Å²) in [5.74, 6) is 0.719. The van der Waals surface area contributed by atoms with E-state index in [9.17, 15) is 4.79 Å². The van der Waals surface area contributed by atoms with Crippen molar-refractivity contribution in [3.05, 3.63) is 71.2 Å². The number of rotatable bonds is 5. The molecule has 6 heteroatoms. The number of para-hydroxylation sites is 1. The minimum Gasteiger partial charge on any atom is -0.362 e. The number of benzene rings is 1. The number of anilines is 1. The van der Waals surface area contributed by atoms with E-state index in [-0.39, 0.29) is 5.91 Å². The Hall–Kier alpha value is -3.15. The Morgan fingerprint density at radius 2 is 1.85 bits per heavy atom. The molecule has 0 aliphatic heterocycles. The van der Waals surface area contributed by atoms with E-state index in [4.69, 9.17) is 0 Å². The molecule has 0 saturated carbocycles. The standard InChI is InChI=1S/C20H23N5O/c1-14-18(15(2)25(23-14)17-10-6-5-7-11-17)20(26)22-13-16-9-8-12-21-19(16)24(3)4/h5-12H,13H2,1-4H3,(H,22,26). The van der Waals surface area contributed by atoms with E-state index in [2.05, 4.69) is 15.4 Å². The van der Waals surface area contributed by atoms with Crippen molar-refractivity contribution < 1.29 is 4.79 Å². The Morgan fingerprint density at radius 1 is 1.12 bits per heavy atom. The molecule has 0 atom stereocenters. The van der Waals surface area contributed by atoms with Crippen LogP contribution in [0.1, 0.15) is 27.3 Å². The van der Waals surface area contributed by atoms with Crippen molar-refractivity contribution >= 4 is 11.7 Å². The first-order valence-corrected chi connectivity index (χ1v) is 8.50. The number of nitrogens with one attached hydrogen (secondary N) is 1. The molecular formula is C20H23N5O. The van der Waals surface area contributed by atoms with E-state index in [1.165, 1.54) is 0 Å². The largest absolute Gasteiger partial charge is 0.362 e. The first-order chi connectivity index (χ1) is 12.5. The highest BCUT2D eigenvalue weighted by molar-refractivity contribution is 5.96. The van der Waals surface area contributed by atoms with Crippen molar-refractivity contribution in [1.29, 1.82) is 0 Å². The summed E-state index contributed by atoms with van der Waals surface area (Å²) >= 11 is 0. The maximum absolute atomic E-state index is 12.8. The van der Waals surface area contributed by atoms with Gasteiger partial charge >= 0.3 is 0 Å². The van der Waals surface area contributed by atoms with Gasteiger partial charge in [0.25, 0.3) is 5.91 Å². The average molecular weight is 349 g/mol. The van der Waals surface area contributed by atoms with Gasteiger partial charge in [-0.15, -0.1) is 0 Å². The Bertz CT molecular complexity index is 915. The molecule has 0 aliphatic carbocycles. The van der Waals surface area contributed by atoms with E-state index in [0.717, 1.165) is 22.8 Å². The molecule has 1 amide bonds. The lowest BCUT2D eigenvalue weighted by Crippen LogP contribution is -2.25. The van der Waals surface area contributed by atoms with Crippen molar-refractivity contribution in [2.24, 2.45) is 0 Å². The van der Waals surface area contributed by atoms with Gasteiger partial charge in [0.05, 0.1) is 22.6 Å². The van der Waals surface area contributed by atoms with E-state index >= 15 is 0 Å². The fourth-order valence-electron chi connectivity index (χ4n) is 3.03. The fourth-order valence-corrected chi connectivity index (χ4v) is 3.03. The van der Waals surface area contributed by atoms with Crippen molar-refractivity contribution in [2.45, 2.75) is 20.4 Å². The molecule has 3 rings (SSSR count). The molecule has 26 heavy (non-hydrogen) atoms. The summed E-state index contributed by atoms with van der Waals surface area (Å²) < 4.78 is 1.81. The van der Waals surface area contributed by atoms with E-state index in [1.807, 2.05) is 75.3 Å². The van der Waals surface area contributed by atoms with Gasteiger partial charge in [0.15, 0.2) is 0 Å². The number of carbonyl (C=O) groups excluding carboxylic acids is 1. The number of pyridine rings is 1. The summed E-state index contributed by atoms with van der Waals surface area (Å²) in [7, 11) is 3.87.